The lowest BCUT2D eigenvalue weighted by Gasteiger charge is -2.51. The van der Waals surface area contributed by atoms with Gasteiger partial charge in [0, 0.05) is 17.2 Å². The predicted octanol–water partition coefficient (Wildman–Crippen LogP) is 5.41. The SMILES string of the molecule is C=C(CBr)C1CC2(C)C(C)CC=CC2C(=O)C1C.CC. The minimum absolute atomic E-state index is 0.114. The van der Waals surface area contributed by atoms with Crippen molar-refractivity contribution in [1.29, 1.82) is 0 Å². The van der Waals surface area contributed by atoms with Gasteiger partial charge in [-0.25, -0.2) is 0 Å². The Morgan fingerprint density at radius 1 is 1.45 bits per heavy atom. The molecule has 1 saturated carbocycles. The predicted molar refractivity (Wildman–Crippen MR) is 91.1 cm³/mol. The van der Waals surface area contributed by atoms with Gasteiger partial charge in [-0.1, -0.05) is 74.9 Å². The smallest absolute Gasteiger partial charge is 0.143 e. The van der Waals surface area contributed by atoms with Crippen LogP contribution in [0.3, 0.4) is 0 Å². The minimum Gasteiger partial charge on any atom is -0.299 e. The van der Waals surface area contributed by atoms with Crippen LogP contribution in [0.25, 0.3) is 0 Å². The lowest BCUT2D eigenvalue weighted by atomic mass is 9.52. The average molecular weight is 341 g/mol. The normalized spacial score (nSPS) is 39.6. The molecule has 114 valence electrons. The molecule has 5 unspecified atom stereocenters. The van der Waals surface area contributed by atoms with Gasteiger partial charge in [0.2, 0.25) is 0 Å². The topological polar surface area (TPSA) is 17.1 Å². The molecule has 5 atom stereocenters. The van der Waals surface area contributed by atoms with E-state index >= 15 is 0 Å². The second-order valence-electron chi connectivity index (χ2n) is 6.34. The van der Waals surface area contributed by atoms with Gasteiger partial charge < -0.3 is 0 Å². The fraction of sp³-hybridized carbons (Fsp3) is 0.722. The number of fused-ring (bicyclic) bond motifs is 1. The van der Waals surface area contributed by atoms with Gasteiger partial charge in [-0.2, -0.15) is 0 Å². The second-order valence-corrected chi connectivity index (χ2v) is 6.90. The number of carbonyl (C=O) groups is 1. The van der Waals surface area contributed by atoms with Crippen molar-refractivity contribution in [1.82, 2.24) is 0 Å². The highest BCUT2D eigenvalue weighted by atomic mass is 79.9. The molecule has 0 spiro atoms. The van der Waals surface area contributed by atoms with Gasteiger partial charge in [-0.15, -0.1) is 0 Å². The molecule has 0 radical (unpaired) electrons. The van der Waals surface area contributed by atoms with Crippen LogP contribution in [0.5, 0.6) is 0 Å². The van der Waals surface area contributed by atoms with E-state index in [1.54, 1.807) is 0 Å². The van der Waals surface area contributed by atoms with Gasteiger partial charge >= 0.3 is 0 Å². The second kappa shape index (κ2) is 7.06. The van der Waals surface area contributed by atoms with Crippen molar-refractivity contribution in [3.05, 3.63) is 24.3 Å². The maximum absolute atomic E-state index is 12.6. The molecule has 0 aromatic rings. The number of hydrogen-bond acceptors (Lipinski definition) is 1. The van der Waals surface area contributed by atoms with Crippen LogP contribution in [0.4, 0.5) is 0 Å². The first-order chi connectivity index (χ1) is 9.41. The number of Topliss-reactive ketones (excluding diaryl/α,β-unsaturated/α-hetero) is 1. The molecule has 0 N–H and O–H groups in total. The molecule has 0 aromatic heterocycles. The van der Waals surface area contributed by atoms with E-state index in [1.807, 2.05) is 13.8 Å². The van der Waals surface area contributed by atoms with E-state index in [2.05, 4.69) is 55.4 Å². The number of allylic oxidation sites excluding steroid dienone is 3. The van der Waals surface area contributed by atoms with E-state index in [9.17, 15) is 4.79 Å². The van der Waals surface area contributed by atoms with E-state index in [-0.39, 0.29) is 17.3 Å². The van der Waals surface area contributed by atoms with Crippen molar-refractivity contribution in [3.63, 3.8) is 0 Å². The van der Waals surface area contributed by atoms with Gasteiger partial charge in [0.25, 0.3) is 0 Å². The van der Waals surface area contributed by atoms with Crippen LogP contribution in [0.2, 0.25) is 0 Å². The van der Waals surface area contributed by atoms with Crippen LogP contribution < -0.4 is 0 Å². The first kappa shape index (κ1) is 17.7. The van der Waals surface area contributed by atoms with E-state index in [0.717, 1.165) is 18.2 Å². The molecule has 20 heavy (non-hydrogen) atoms. The molecule has 0 saturated heterocycles. The maximum atomic E-state index is 12.6. The highest BCUT2D eigenvalue weighted by Gasteiger charge is 2.51. The van der Waals surface area contributed by atoms with Crippen molar-refractivity contribution in [3.8, 4) is 0 Å². The number of halogens is 1. The van der Waals surface area contributed by atoms with Crippen LogP contribution in [0.15, 0.2) is 24.3 Å². The average Bonchev–Trinajstić information content (AvgIpc) is 2.46. The monoisotopic (exact) mass is 340 g/mol. The van der Waals surface area contributed by atoms with E-state index in [4.69, 9.17) is 0 Å². The van der Waals surface area contributed by atoms with Crippen LogP contribution in [0, 0.1) is 29.1 Å². The number of carbonyl (C=O) groups excluding carboxylic acids is 1. The number of alkyl halides is 1. The Bertz CT molecular complexity index is 398. The molecular formula is C18H29BrO. The summed E-state index contributed by atoms with van der Waals surface area (Å²) in [6, 6.07) is 0. The van der Waals surface area contributed by atoms with Gasteiger partial charge in [-0.3, -0.25) is 4.79 Å². The molecule has 2 aliphatic rings. The van der Waals surface area contributed by atoms with Crippen molar-refractivity contribution in [2.45, 2.75) is 47.5 Å². The summed E-state index contributed by atoms with van der Waals surface area (Å²) in [4.78, 5) is 12.6. The Balaban J connectivity index is 0.000000956. The molecule has 2 aliphatic carbocycles. The van der Waals surface area contributed by atoms with Crippen molar-refractivity contribution >= 4 is 21.7 Å². The van der Waals surface area contributed by atoms with Crippen molar-refractivity contribution in [2.24, 2.45) is 29.1 Å². The van der Waals surface area contributed by atoms with Gasteiger partial charge in [0.15, 0.2) is 0 Å². The molecular weight excluding hydrogens is 312 g/mol. The molecule has 2 heteroatoms. The summed E-state index contributed by atoms with van der Waals surface area (Å²) in [6.07, 6.45) is 6.55. The van der Waals surface area contributed by atoms with Crippen LogP contribution in [-0.2, 0) is 4.79 Å². The van der Waals surface area contributed by atoms with Gasteiger partial charge in [-0.05, 0) is 30.1 Å². The number of rotatable bonds is 2. The summed E-state index contributed by atoms with van der Waals surface area (Å²) in [5.74, 6) is 1.57. The van der Waals surface area contributed by atoms with Gasteiger partial charge in [0.1, 0.15) is 5.78 Å². The Labute approximate surface area is 133 Å². The maximum Gasteiger partial charge on any atom is 0.143 e. The molecule has 1 nitrogen and oxygen atoms in total. The first-order valence-electron chi connectivity index (χ1n) is 7.85. The summed E-state index contributed by atoms with van der Waals surface area (Å²) in [5.41, 5.74) is 1.30. The van der Waals surface area contributed by atoms with E-state index in [1.165, 1.54) is 5.57 Å². The Hall–Kier alpha value is -0.370. The number of hydrogen-bond donors (Lipinski definition) is 0. The van der Waals surface area contributed by atoms with Gasteiger partial charge in [0.05, 0.1) is 0 Å². The summed E-state index contributed by atoms with van der Waals surface area (Å²) >= 11 is 3.49. The molecule has 1 fully saturated rings. The lowest BCUT2D eigenvalue weighted by molar-refractivity contribution is -0.137. The molecule has 2 rings (SSSR count). The molecule has 0 bridgehead atoms. The summed E-state index contributed by atoms with van der Waals surface area (Å²) in [7, 11) is 0. The minimum atomic E-state index is 0.114. The van der Waals surface area contributed by atoms with E-state index in [0.29, 0.717) is 17.6 Å². The summed E-state index contributed by atoms with van der Waals surface area (Å²) in [6.45, 7) is 14.8. The zero-order chi connectivity index (χ0) is 15.5. The van der Waals surface area contributed by atoms with Crippen LogP contribution >= 0.6 is 15.9 Å². The quantitative estimate of drug-likeness (QED) is 0.485. The third kappa shape index (κ3) is 2.95. The number of ketones is 1. The fourth-order valence-electron chi connectivity index (χ4n) is 3.69. The third-order valence-electron chi connectivity index (χ3n) is 5.37. The Morgan fingerprint density at radius 3 is 2.60 bits per heavy atom. The standard InChI is InChI=1S/C16H23BrO.C2H6/c1-10(9-17)13-8-16(4)11(2)6-5-7-14(16)15(18)12(13)3;1-2/h5,7,11-14H,1,6,8-9H2,2-4H3;1-2H3. The third-order valence-corrected chi connectivity index (χ3v) is 6.09. The first-order valence-corrected chi connectivity index (χ1v) is 8.98. The highest BCUT2D eigenvalue weighted by Crippen LogP contribution is 2.53. The van der Waals surface area contributed by atoms with Crippen LogP contribution in [-0.4, -0.2) is 11.1 Å². The summed E-state index contributed by atoms with van der Waals surface area (Å²) in [5, 5.41) is 0.806. The molecule has 0 amide bonds. The largest absolute Gasteiger partial charge is 0.299 e. The van der Waals surface area contributed by atoms with E-state index < -0.39 is 0 Å². The zero-order valence-corrected chi connectivity index (χ0v) is 15.2. The lowest BCUT2D eigenvalue weighted by Crippen LogP contribution is -2.49. The fourth-order valence-corrected chi connectivity index (χ4v) is 4.11. The Morgan fingerprint density at radius 2 is 2.05 bits per heavy atom. The zero-order valence-electron chi connectivity index (χ0n) is 13.6. The van der Waals surface area contributed by atoms with Crippen molar-refractivity contribution < 1.29 is 4.79 Å². The molecule has 0 heterocycles. The Kier molecular flexibility index (Phi) is 6.25. The van der Waals surface area contributed by atoms with Crippen molar-refractivity contribution in [2.75, 3.05) is 5.33 Å². The summed E-state index contributed by atoms with van der Waals surface area (Å²) < 4.78 is 0. The molecule has 0 aliphatic heterocycles. The van der Waals surface area contributed by atoms with Crippen LogP contribution in [0.1, 0.15) is 47.5 Å². The highest BCUT2D eigenvalue weighted by molar-refractivity contribution is 9.09. The molecule has 0 aromatic carbocycles.